The molecule has 2 fully saturated rings. The van der Waals surface area contributed by atoms with E-state index in [2.05, 4.69) is 6.92 Å². The molecule has 1 atom stereocenters. The third kappa shape index (κ3) is 3.59. The molecule has 1 unspecified atom stereocenters. The molecule has 0 spiro atoms. The van der Waals surface area contributed by atoms with Crippen molar-refractivity contribution < 1.29 is 4.79 Å². The first-order chi connectivity index (χ1) is 7.63. The lowest BCUT2D eigenvalue weighted by atomic mass is 9.90. The molecule has 1 aliphatic carbocycles. The zero-order valence-electron chi connectivity index (χ0n) is 10.8. The Kier molecular flexibility index (Phi) is 5.26. The molecule has 1 aliphatic heterocycles. The van der Waals surface area contributed by atoms with Crippen molar-refractivity contribution in [2.24, 2.45) is 17.1 Å². The maximum Gasteiger partial charge on any atom is 0.222 e. The van der Waals surface area contributed by atoms with Crippen LogP contribution in [0.4, 0.5) is 0 Å². The number of amides is 1. The van der Waals surface area contributed by atoms with Crippen LogP contribution in [0.3, 0.4) is 0 Å². The van der Waals surface area contributed by atoms with Gasteiger partial charge in [-0.25, -0.2) is 0 Å². The smallest absolute Gasteiger partial charge is 0.222 e. The van der Waals surface area contributed by atoms with Crippen molar-refractivity contribution in [3.63, 3.8) is 0 Å². The quantitative estimate of drug-likeness (QED) is 0.846. The molecule has 1 amide bonds. The summed E-state index contributed by atoms with van der Waals surface area (Å²) in [5, 5.41) is 0. The molecule has 100 valence electrons. The fourth-order valence-electron chi connectivity index (χ4n) is 2.99. The van der Waals surface area contributed by atoms with E-state index < -0.39 is 0 Å². The summed E-state index contributed by atoms with van der Waals surface area (Å²) in [6, 6.07) is 0. The van der Waals surface area contributed by atoms with E-state index in [1.807, 2.05) is 4.90 Å². The second kappa shape index (κ2) is 6.05. The van der Waals surface area contributed by atoms with E-state index in [1.165, 1.54) is 25.7 Å². The van der Waals surface area contributed by atoms with Gasteiger partial charge in [0.1, 0.15) is 0 Å². The van der Waals surface area contributed by atoms with Crippen molar-refractivity contribution in [2.45, 2.75) is 45.4 Å². The Bertz CT molecular complexity index is 266. The van der Waals surface area contributed by atoms with Crippen molar-refractivity contribution in [3.05, 3.63) is 0 Å². The topological polar surface area (TPSA) is 46.3 Å². The molecular weight excluding hydrogens is 236 g/mol. The molecule has 2 rings (SSSR count). The highest BCUT2D eigenvalue weighted by Crippen LogP contribution is 2.32. The van der Waals surface area contributed by atoms with Crippen LogP contribution < -0.4 is 5.73 Å². The van der Waals surface area contributed by atoms with Gasteiger partial charge in [-0.05, 0) is 37.1 Å². The molecule has 0 aromatic heterocycles. The first kappa shape index (κ1) is 14.8. The highest BCUT2D eigenvalue weighted by molar-refractivity contribution is 5.85. The minimum Gasteiger partial charge on any atom is -0.342 e. The highest BCUT2D eigenvalue weighted by atomic mass is 35.5. The van der Waals surface area contributed by atoms with E-state index in [1.54, 1.807) is 0 Å². The molecule has 0 radical (unpaired) electrons. The largest absolute Gasteiger partial charge is 0.342 e. The molecule has 1 saturated heterocycles. The van der Waals surface area contributed by atoms with Crippen LogP contribution in [0.25, 0.3) is 0 Å². The van der Waals surface area contributed by atoms with Crippen molar-refractivity contribution in [2.75, 3.05) is 19.6 Å². The van der Waals surface area contributed by atoms with Gasteiger partial charge in [-0.2, -0.15) is 0 Å². The molecule has 0 aromatic rings. The van der Waals surface area contributed by atoms with Crippen molar-refractivity contribution in [1.29, 1.82) is 0 Å². The van der Waals surface area contributed by atoms with Gasteiger partial charge in [0, 0.05) is 19.5 Å². The number of halogens is 1. The predicted molar refractivity (Wildman–Crippen MR) is 72.2 cm³/mol. The summed E-state index contributed by atoms with van der Waals surface area (Å²) in [5.74, 6) is 1.03. The summed E-state index contributed by atoms with van der Waals surface area (Å²) in [7, 11) is 0. The van der Waals surface area contributed by atoms with Crippen LogP contribution in [0, 0.1) is 11.3 Å². The lowest BCUT2D eigenvalue weighted by molar-refractivity contribution is -0.131. The summed E-state index contributed by atoms with van der Waals surface area (Å²) in [4.78, 5) is 14.1. The molecular formula is C13H25ClN2O. The Morgan fingerprint density at radius 3 is 2.59 bits per heavy atom. The van der Waals surface area contributed by atoms with E-state index in [0.717, 1.165) is 25.9 Å². The van der Waals surface area contributed by atoms with E-state index >= 15 is 0 Å². The van der Waals surface area contributed by atoms with Crippen molar-refractivity contribution >= 4 is 18.3 Å². The summed E-state index contributed by atoms with van der Waals surface area (Å²) in [6.07, 6.45) is 7.00. The first-order valence-corrected chi connectivity index (χ1v) is 6.61. The maximum atomic E-state index is 12.1. The van der Waals surface area contributed by atoms with Gasteiger partial charge in [0.2, 0.25) is 5.91 Å². The second-order valence-corrected chi connectivity index (χ2v) is 5.93. The fraction of sp³-hybridized carbons (Fsp3) is 0.923. The number of nitrogens with two attached hydrogens (primary N) is 1. The highest BCUT2D eigenvalue weighted by Gasteiger charge is 2.35. The summed E-state index contributed by atoms with van der Waals surface area (Å²) in [6.45, 7) is 4.67. The van der Waals surface area contributed by atoms with Crippen LogP contribution in [0.15, 0.2) is 0 Å². The monoisotopic (exact) mass is 260 g/mol. The zero-order chi connectivity index (χ0) is 11.6. The number of carbonyl (C=O) groups is 1. The zero-order valence-corrected chi connectivity index (χ0v) is 11.6. The third-order valence-corrected chi connectivity index (χ3v) is 4.34. The van der Waals surface area contributed by atoms with E-state index in [9.17, 15) is 4.79 Å². The molecule has 3 nitrogen and oxygen atoms in total. The second-order valence-electron chi connectivity index (χ2n) is 5.93. The van der Waals surface area contributed by atoms with Crippen LogP contribution in [-0.2, 0) is 4.79 Å². The standard InChI is InChI=1S/C13H24N2O.ClH/c1-13(9-14)6-7-15(10-13)12(16)8-11-4-2-3-5-11;/h11H,2-10,14H2,1H3;1H. The Morgan fingerprint density at radius 2 is 2.06 bits per heavy atom. The molecule has 2 aliphatic rings. The minimum absolute atomic E-state index is 0. The summed E-state index contributed by atoms with van der Waals surface area (Å²) >= 11 is 0. The normalized spacial score (nSPS) is 29.4. The molecule has 0 bridgehead atoms. The van der Waals surface area contributed by atoms with Gasteiger partial charge in [-0.15, -0.1) is 12.4 Å². The van der Waals surface area contributed by atoms with E-state index in [-0.39, 0.29) is 17.8 Å². The van der Waals surface area contributed by atoms with Crippen LogP contribution in [-0.4, -0.2) is 30.4 Å². The van der Waals surface area contributed by atoms with Crippen LogP contribution in [0.5, 0.6) is 0 Å². The van der Waals surface area contributed by atoms with Gasteiger partial charge in [-0.3, -0.25) is 4.79 Å². The Labute approximate surface area is 111 Å². The summed E-state index contributed by atoms with van der Waals surface area (Å²) in [5.41, 5.74) is 5.93. The van der Waals surface area contributed by atoms with Gasteiger partial charge >= 0.3 is 0 Å². The SMILES string of the molecule is CC1(CN)CCN(C(=O)CC2CCCC2)C1.Cl. The number of rotatable bonds is 3. The van der Waals surface area contributed by atoms with Crippen molar-refractivity contribution in [3.8, 4) is 0 Å². The van der Waals surface area contributed by atoms with Gasteiger partial charge < -0.3 is 10.6 Å². The minimum atomic E-state index is 0. The lowest BCUT2D eigenvalue weighted by Gasteiger charge is -2.23. The molecule has 2 N–H and O–H groups in total. The molecule has 17 heavy (non-hydrogen) atoms. The Morgan fingerprint density at radius 1 is 1.41 bits per heavy atom. The number of likely N-dealkylation sites (tertiary alicyclic amines) is 1. The van der Waals surface area contributed by atoms with Crippen LogP contribution in [0.2, 0.25) is 0 Å². The molecule has 4 heteroatoms. The number of carbonyl (C=O) groups excluding carboxylic acids is 1. The lowest BCUT2D eigenvalue weighted by Crippen LogP contribution is -2.35. The van der Waals surface area contributed by atoms with Gasteiger partial charge in [0.25, 0.3) is 0 Å². The van der Waals surface area contributed by atoms with Crippen LogP contribution in [0.1, 0.15) is 45.4 Å². The Hall–Kier alpha value is -0.280. The molecule has 1 saturated carbocycles. The number of hydrogen-bond acceptors (Lipinski definition) is 2. The average Bonchev–Trinajstić information content (AvgIpc) is 2.88. The Balaban J connectivity index is 0.00000144. The average molecular weight is 261 g/mol. The first-order valence-electron chi connectivity index (χ1n) is 6.61. The van der Waals surface area contributed by atoms with Gasteiger partial charge in [0.05, 0.1) is 0 Å². The van der Waals surface area contributed by atoms with Gasteiger partial charge in [-0.1, -0.05) is 19.8 Å². The van der Waals surface area contributed by atoms with Gasteiger partial charge in [0.15, 0.2) is 0 Å². The number of nitrogens with zero attached hydrogens (tertiary/aromatic N) is 1. The van der Waals surface area contributed by atoms with Crippen LogP contribution >= 0.6 is 12.4 Å². The molecule has 0 aromatic carbocycles. The number of hydrogen-bond donors (Lipinski definition) is 1. The molecule has 1 heterocycles. The fourth-order valence-corrected chi connectivity index (χ4v) is 2.99. The van der Waals surface area contributed by atoms with E-state index in [0.29, 0.717) is 18.4 Å². The predicted octanol–water partition coefficient (Wildman–Crippen LogP) is 2.19. The third-order valence-electron chi connectivity index (χ3n) is 4.34. The van der Waals surface area contributed by atoms with E-state index in [4.69, 9.17) is 5.73 Å². The summed E-state index contributed by atoms with van der Waals surface area (Å²) < 4.78 is 0. The van der Waals surface area contributed by atoms with Crippen molar-refractivity contribution in [1.82, 2.24) is 4.90 Å². The maximum absolute atomic E-state index is 12.1.